The molecule has 1 saturated heterocycles. The van der Waals surface area contributed by atoms with Crippen LogP contribution in [0.15, 0.2) is 0 Å². The van der Waals surface area contributed by atoms with Crippen LogP contribution in [0, 0.1) is 5.92 Å². The van der Waals surface area contributed by atoms with Crippen LogP contribution in [0.25, 0.3) is 0 Å². The van der Waals surface area contributed by atoms with E-state index in [0.29, 0.717) is 25.9 Å². The van der Waals surface area contributed by atoms with Crippen LogP contribution in [0.4, 0.5) is 4.79 Å². The number of hydrogen-bond donors (Lipinski definition) is 3. The molecule has 2 aliphatic rings. The summed E-state index contributed by atoms with van der Waals surface area (Å²) in [6.07, 6.45) is 7.91. The number of aliphatic carboxylic acids is 1. The average molecular weight is 298 g/mol. The second kappa shape index (κ2) is 8.22. The summed E-state index contributed by atoms with van der Waals surface area (Å²) in [4.78, 5) is 22.4. The molecule has 1 saturated carbocycles. The van der Waals surface area contributed by atoms with E-state index in [9.17, 15) is 9.59 Å². The van der Waals surface area contributed by atoms with E-state index in [1.54, 1.807) is 0 Å². The second-order valence-electron chi connectivity index (χ2n) is 6.09. The number of rotatable bonds is 6. The molecule has 0 aromatic heterocycles. The van der Waals surface area contributed by atoms with E-state index in [1.165, 1.54) is 32.1 Å². The number of amides is 2. The van der Waals surface area contributed by atoms with Crippen LogP contribution in [-0.4, -0.2) is 42.4 Å². The molecular weight excluding hydrogens is 272 g/mol. The zero-order chi connectivity index (χ0) is 15.1. The van der Waals surface area contributed by atoms with Crippen molar-refractivity contribution in [3.05, 3.63) is 0 Å². The molecule has 0 radical (unpaired) electrons. The van der Waals surface area contributed by atoms with Gasteiger partial charge < -0.3 is 20.5 Å². The number of nitrogens with one attached hydrogen (secondary N) is 2. The molecule has 2 fully saturated rings. The van der Waals surface area contributed by atoms with Gasteiger partial charge in [-0.25, -0.2) is 9.59 Å². The predicted molar refractivity (Wildman–Crippen MR) is 78.1 cm³/mol. The normalized spacial score (nSPS) is 26.5. The maximum atomic E-state index is 11.7. The monoisotopic (exact) mass is 298 g/mol. The van der Waals surface area contributed by atoms with Crippen LogP contribution in [0.3, 0.4) is 0 Å². The fourth-order valence-corrected chi connectivity index (χ4v) is 3.17. The van der Waals surface area contributed by atoms with Gasteiger partial charge in [-0.05, 0) is 25.2 Å². The third kappa shape index (κ3) is 5.53. The molecule has 1 heterocycles. The lowest BCUT2D eigenvalue weighted by atomic mass is 9.87. The van der Waals surface area contributed by atoms with Crippen molar-refractivity contribution < 1.29 is 19.4 Å². The standard InChI is InChI=1S/C15H26N2O4/c18-14(19)13-7-6-12(21-13)10-17-15(20)16-9-8-11-4-2-1-3-5-11/h11-13H,1-10H2,(H,18,19)(H2,16,17,20). The molecule has 1 aliphatic heterocycles. The van der Waals surface area contributed by atoms with E-state index < -0.39 is 12.1 Å². The number of carboxylic acid groups (broad SMARTS) is 1. The molecule has 0 bridgehead atoms. The second-order valence-corrected chi connectivity index (χ2v) is 6.09. The van der Waals surface area contributed by atoms with E-state index in [1.807, 2.05) is 0 Å². The summed E-state index contributed by atoms with van der Waals surface area (Å²) in [6, 6.07) is -0.187. The molecule has 120 valence electrons. The molecule has 2 unspecified atom stereocenters. The lowest BCUT2D eigenvalue weighted by Crippen LogP contribution is -2.40. The van der Waals surface area contributed by atoms with Crippen molar-refractivity contribution in [2.45, 2.75) is 63.6 Å². The average Bonchev–Trinajstić information content (AvgIpc) is 2.95. The summed E-state index contributed by atoms with van der Waals surface area (Å²) in [5, 5.41) is 14.4. The minimum Gasteiger partial charge on any atom is -0.479 e. The predicted octanol–water partition coefficient (Wildman–Crippen LogP) is 1.89. The van der Waals surface area contributed by atoms with Gasteiger partial charge in [0.05, 0.1) is 6.10 Å². The molecule has 2 rings (SSSR count). The van der Waals surface area contributed by atoms with Gasteiger partial charge >= 0.3 is 12.0 Å². The van der Waals surface area contributed by atoms with Crippen molar-refractivity contribution in [1.82, 2.24) is 10.6 Å². The highest BCUT2D eigenvalue weighted by atomic mass is 16.5. The third-order valence-corrected chi connectivity index (χ3v) is 4.44. The fraction of sp³-hybridized carbons (Fsp3) is 0.867. The number of urea groups is 1. The first-order valence-corrected chi connectivity index (χ1v) is 8.05. The zero-order valence-electron chi connectivity index (χ0n) is 12.5. The maximum Gasteiger partial charge on any atom is 0.332 e. The van der Waals surface area contributed by atoms with Crippen LogP contribution in [0.1, 0.15) is 51.4 Å². The Kier molecular flexibility index (Phi) is 6.29. The molecule has 2 atom stereocenters. The Balaban J connectivity index is 1.52. The lowest BCUT2D eigenvalue weighted by Gasteiger charge is -2.21. The summed E-state index contributed by atoms with van der Waals surface area (Å²) in [7, 11) is 0. The van der Waals surface area contributed by atoms with Gasteiger partial charge in [0.15, 0.2) is 6.10 Å². The highest BCUT2D eigenvalue weighted by Crippen LogP contribution is 2.25. The van der Waals surface area contributed by atoms with Gasteiger partial charge in [-0.2, -0.15) is 0 Å². The van der Waals surface area contributed by atoms with Crippen LogP contribution in [0.2, 0.25) is 0 Å². The summed E-state index contributed by atoms with van der Waals surface area (Å²) in [6.45, 7) is 1.08. The smallest absolute Gasteiger partial charge is 0.332 e. The van der Waals surface area contributed by atoms with Crippen molar-refractivity contribution >= 4 is 12.0 Å². The Labute approximate surface area is 125 Å². The summed E-state index contributed by atoms with van der Waals surface area (Å²) >= 11 is 0. The van der Waals surface area contributed by atoms with Crippen LogP contribution in [-0.2, 0) is 9.53 Å². The molecule has 0 spiro atoms. The molecular formula is C15H26N2O4. The number of carboxylic acids is 1. The molecule has 1 aliphatic carbocycles. The van der Waals surface area contributed by atoms with Gasteiger partial charge in [0.1, 0.15) is 0 Å². The first kappa shape index (κ1) is 16.1. The first-order valence-electron chi connectivity index (χ1n) is 8.05. The number of carbonyl (C=O) groups is 2. The van der Waals surface area contributed by atoms with Gasteiger partial charge in [-0.3, -0.25) is 0 Å². The van der Waals surface area contributed by atoms with Crippen molar-refractivity contribution in [3.63, 3.8) is 0 Å². The maximum absolute atomic E-state index is 11.7. The summed E-state index contributed by atoms with van der Waals surface area (Å²) in [5.41, 5.74) is 0. The molecule has 0 aromatic rings. The Morgan fingerprint density at radius 3 is 2.48 bits per heavy atom. The summed E-state index contributed by atoms with van der Waals surface area (Å²) < 4.78 is 5.33. The van der Waals surface area contributed by atoms with E-state index in [4.69, 9.17) is 9.84 Å². The van der Waals surface area contributed by atoms with Crippen LogP contribution < -0.4 is 10.6 Å². The number of hydrogen-bond acceptors (Lipinski definition) is 3. The van der Waals surface area contributed by atoms with Crippen molar-refractivity contribution in [2.75, 3.05) is 13.1 Å². The van der Waals surface area contributed by atoms with Crippen LogP contribution in [0.5, 0.6) is 0 Å². The molecule has 21 heavy (non-hydrogen) atoms. The molecule has 3 N–H and O–H groups in total. The SMILES string of the molecule is O=C(NCCC1CCCCC1)NCC1CCC(C(=O)O)O1. The first-order chi connectivity index (χ1) is 10.1. The number of carbonyl (C=O) groups excluding carboxylic acids is 1. The van der Waals surface area contributed by atoms with E-state index >= 15 is 0 Å². The van der Waals surface area contributed by atoms with Gasteiger partial charge in [-0.1, -0.05) is 32.1 Å². The Morgan fingerprint density at radius 1 is 1.05 bits per heavy atom. The topological polar surface area (TPSA) is 87.7 Å². The van der Waals surface area contributed by atoms with E-state index in [2.05, 4.69) is 10.6 Å². The van der Waals surface area contributed by atoms with Gasteiger partial charge in [0, 0.05) is 13.1 Å². The molecule has 6 heteroatoms. The van der Waals surface area contributed by atoms with Crippen molar-refractivity contribution in [1.29, 1.82) is 0 Å². The van der Waals surface area contributed by atoms with Gasteiger partial charge in [0.25, 0.3) is 0 Å². The quantitative estimate of drug-likeness (QED) is 0.699. The van der Waals surface area contributed by atoms with E-state index in [0.717, 1.165) is 12.3 Å². The highest BCUT2D eigenvalue weighted by molar-refractivity contribution is 5.74. The van der Waals surface area contributed by atoms with Gasteiger partial charge in [-0.15, -0.1) is 0 Å². The zero-order valence-corrected chi connectivity index (χ0v) is 12.5. The van der Waals surface area contributed by atoms with Crippen molar-refractivity contribution in [2.24, 2.45) is 5.92 Å². The van der Waals surface area contributed by atoms with Gasteiger partial charge in [0.2, 0.25) is 0 Å². The molecule has 6 nitrogen and oxygen atoms in total. The highest BCUT2D eigenvalue weighted by Gasteiger charge is 2.30. The minimum absolute atomic E-state index is 0.185. The lowest BCUT2D eigenvalue weighted by molar-refractivity contribution is -0.149. The molecule has 2 amide bonds. The largest absolute Gasteiger partial charge is 0.479 e. The van der Waals surface area contributed by atoms with E-state index in [-0.39, 0.29) is 12.1 Å². The van der Waals surface area contributed by atoms with Crippen LogP contribution >= 0.6 is 0 Å². The third-order valence-electron chi connectivity index (χ3n) is 4.44. The Morgan fingerprint density at radius 2 is 1.81 bits per heavy atom. The Bertz CT molecular complexity index is 356. The summed E-state index contributed by atoms with van der Waals surface area (Å²) in [5.74, 6) is -0.164. The Hall–Kier alpha value is -1.30. The fourth-order valence-electron chi connectivity index (χ4n) is 3.17. The minimum atomic E-state index is -0.922. The molecule has 0 aromatic carbocycles. The van der Waals surface area contributed by atoms with Crippen molar-refractivity contribution in [3.8, 4) is 0 Å². The number of ether oxygens (including phenoxy) is 1.